The number of ether oxygens (including phenoxy) is 3. The van der Waals surface area contributed by atoms with Gasteiger partial charge in [-0.05, 0) is 6.42 Å². The van der Waals surface area contributed by atoms with E-state index in [1.807, 2.05) is 0 Å². The first-order valence-corrected chi connectivity index (χ1v) is 8.26. The molecule has 0 aromatic rings. The minimum atomic E-state index is -0.518. The summed E-state index contributed by atoms with van der Waals surface area (Å²) in [6.07, 6.45) is 5.50. The first-order valence-electron chi connectivity index (χ1n) is 7.21. The summed E-state index contributed by atoms with van der Waals surface area (Å²) in [6, 6.07) is 0. The minimum Gasteiger partial charge on any atom is -0.462 e. The lowest BCUT2D eigenvalue weighted by atomic mass is 10.1. The van der Waals surface area contributed by atoms with Gasteiger partial charge in [0.25, 0.3) is 0 Å². The molecule has 2 atom stereocenters. The van der Waals surface area contributed by atoms with Crippen molar-refractivity contribution < 1.29 is 23.8 Å². The Hall–Kier alpha value is -0.750. The van der Waals surface area contributed by atoms with E-state index in [-0.39, 0.29) is 24.0 Å². The van der Waals surface area contributed by atoms with Gasteiger partial charge in [-0.25, -0.2) is 0 Å². The summed E-state index contributed by atoms with van der Waals surface area (Å²) < 4.78 is 15.5. The minimum absolute atomic E-state index is 0.179. The summed E-state index contributed by atoms with van der Waals surface area (Å²) in [7, 11) is 0. The zero-order valence-corrected chi connectivity index (χ0v) is 13.1. The Morgan fingerprint density at radius 2 is 2.00 bits per heavy atom. The molecule has 6 heteroatoms. The van der Waals surface area contributed by atoms with Gasteiger partial charge in [0.05, 0.1) is 5.75 Å². The normalized spacial score (nSPS) is 21.7. The van der Waals surface area contributed by atoms with Gasteiger partial charge in [-0.15, -0.1) is 11.8 Å². The molecule has 0 aromatic carbocycles. The van der Waals surface area contributed by atoms with Crippen LogP contribution >= 0.6 is 11.8 Å². The number of rotatable bonds is 9. The van der Waals surface area contributed by atoms with Crippen molar-refractivity contribution in [3.63, 3.8) is 0 Å². The number of carbonyl (C=O) groups excluding carboxylic acids is 2. The molecule has 1 aliphatic heterocycles. The van der Waals surface area contributed by atoms with Gasteiger partial charge >= 0.3 is 11.9 Å². The van der Waals surface area contributed by atoms with Crippen molar-refractivity contribution in [3.8, 4) is 0 Å². The van der Waals surface area contributed by atoms with E-state index in [0.29, 0.717) is 12.2 Å². The largest absolute Gasteiger partial charge is 0.462 e. The molecule has 0 N–H and O–H groups in total. The number of unbranched alkanes of at least 4 members (excludes halogenated alkanes) is 4. The van der Waals surface area contributed by atoms with E-state index in [1.165, 1.54) is 37.9 Å². The van der Waals surface area contributed by atoms with E-state index in [0.717, 1.165) is 12.8 Å². The molecule has 1 rings (SSSR count). The van der Waals surface area contributed by atoms with Crippen molar-refractivity contribution in [2.75, 3.05) is 12.4 Å². The lowest BCUT2D eigenvalue weighted by Gasteiger charge is -2.12. The molecule has 0 amide bonds. The van der Waals surface area contributed by atoms with Crippen LogP contribution in [0, 0.1) is 0 Å². The monoisotopic (exact) mass is 304 g/mol. The molecule has 0 radical (unpaired) electrons. The standard InChI is InChI=1S/C14H24O5S/c1-3-4-5-6-7-8-12(16)17-9-14-19-13(10-20-14)18-11(2)15/h13-14H,3-10H2,1-2H3. The topological polar surface area (TPSA) is 61.8 Å². The third kappa shape index (κ3) is 7.75. The maximum Gasteiger partial charge on any atom is 0.305 e. The second-order valence-corrected chi connectivity index (χ2v) is 5.98. The van der Waals surface area contributed by atoms with Crippen LogP contribution in [0.15, 0.2) is 0 Å². The summed E-state index contributed by atoms with van der Waals surface area (Å²) >= 11 is 1.49. The second kappa shape index (κ2) is 10.0. The molecule has 1 heterocycles. The van der Waals surface area contributed by atoms with Crippen molar-refractivity contribution in [3.05, 3.63) is 0 Å². The van der Waals surface area contributed by atoms with Crippen molar-refractivity contribution in [2.45, 2.75) is 64.1 Å². The molecule has 0 saturated carbocycles. The van der Waals surface area contributed by atoms with Gasteiger partial charge < -0.3 is 14.2 Å². The van der Waals surface area contributed by atoms with Gasteiger partial charge in [0.1, 0.15) is 12.0 Å². The average Bonchev–Trinajstić information content (AvgIpc) is 2.83. The number of hydrogen-bond donors (Lipinski definition) is 0. The highest BCUT2D eigenvalue weighted by atomic mass is 32.2. The van der Waals surface area contributed by atoms with Crippen LogP contribution in [-0.2, 0) is 23.8 Å². The van der Waals surface area contributed by atoms with E-state index in [2.05, 4.69) is 6.92 Å². The van der Waals surface area contributed by atoms with Gasteiger partial charge in [-0.2, -0.15) is 0 Å². The van der Waals surface area contributed by atoms with Crippen LogP contribution in [0.5, 0.6) is 0 Å². The van der Waals surface area contributed by atoms with Crippen LogP contribution in [-0.4, -0.2) is 36.0 Å². The molecule has 0 aliphatic carbocycles. The van der Waals surface area contributed by atoms with E-state index < -0.39 is 6.29 Å². The van der Waals surface area contributed by atoms with Crippen molar-refractivity contribution in [1.29, 1.82) is 0 Å². The Labute approximate surface area is 124 Å². The van der Waals surface area contributed by atoms with E-state index >= 15 is 0 Å². The maximum atomic E-state index is 11.5. The highest BCUT2D eigenvalue weighted by Gasteiger charge is 2.28. The fourth-order valence-corrected chi connectivity index (χ4v) is 2.76. The quantitative estimate of drug-likeness (QED) is 0.482. The van der Waals surface area contributed by atoms with Gasteiger partial charge in [0, 0.05) is 13.3 Å². The van der Waals surface area contributed by atoms with Crippen molar-refractivity contribution in [2.24, 2.45) is 0 Å². The first-order chi connectivity index (χ1) is 9.61. The van der Waals surface area contributed by atoms with Gasteiger partial charge in [0.15, 0.2) is 0 Å². The Morgan fingerprint density at radius 3 is 2.70 bits per heavy atom. The molecular formula is C14H24O5S. The SMILES string of the molecule is CCCCCCCC(=O)OCC1OC(OC(C)=O)CS1. The molecule has 1 saturated heterocycles. The Morgan fingerprint density at radius 1 is 1.25 bits per heavy atom. The van der Waals surface area contributed by atoms with E-state index in [4.69, 9.17) is 14.2 Å². The van der Waals surface area contributed by atoms with E-state index in [9.17, 15) is 9.59 Å². The first kappa shape index (κ1) is 17.3. The Bertz CT molecular complexity index is 308. The van der Waals surface area contributed by atoms with Crippen LogP contribution in [0.2, 0.25) is 0 Å². The lowest BCUT2D eigenvalue weighted by molar-refractivity contribution is -0.175. The second-order valence-electron chi connectivity index (χ2n) is 4.79. The molecule has 1 aliphatic rings. The predicted octanol–water partition coefficient (Wildman–Crippen LogP) is 2.87. The zero-order valence-electron chi connectivity index (χ0n) is 12.3. The molecule has 1 fully saturated rings. The molecule has 5 nitrogen and oxygen atoms in total. The molecule has 20 heavy (non-hydrogen) atoms. The van der Waals surface area contributed by atoms with Gasteiger partial charge in [-0.3, -0.25) is 9.59 Å². The molecule has 0 spiro atoms. The predicted molar refractivity (Wildman–Crippen MR) is 77.2 cm³/mol. The van der Waals surface area contributed by atoms with Crippen molar-refractivity contribution in [1.82, 2.24) is 0 Å². The molecule has 0 aromatic heterocycles. The molecule has 116 valence electrons. The fraction of sp³-hybridized carbons (Fsp3) is 0.857. The van der Waals surface area contributed by atoms with Crippen LogP contribution in [0.25, 0.3) is 0 Å². The summed E-state index contributed by atoms with van der Waals surface area (Å²) in [6.45, 7) is 3.73. The smallest absolute Gasteiger partial charge is 0.305 e. The number of hydrogen-bond acceptors (Lipinski definition) is 6. The van der Waals surface area contributed by atoms with Crippen LogP contribution in [0.3, 0.4) is 0 Å². The maximum absolute atomic E-state index is 11.5. The summed E-state index contributed by atoms with van der Waals surface area (Å²) in [5, 5.41) is 0. The summed E-state index contributed by atoms with van der Waals surface area (Å²) in [4.78, 5) is 22.3. The highest BCUT2D eigenvalue weighted by Crippen LogP contribution is 2.26. The van der Waals surface area contributed by atoms with Crippen LogP contribution in [0.1, 0.15) is 52.4 Å². The van der Waals surface area contributed by atoms with Gasteiger partial charge in [0.2, 0.25) is 6.29 Å². The highest BCUT2D eigenvalue weighted by molar-refractivity contribution is 8.00. The lowest BCUT2D eigenvalue weighted by Crippen LogP contribution is -2.22. The third-order valence-electron chi connectivity index (χ3n) is 2.88. The number of thioether (sulfide) groups is 1. The summed E-state index contributed by atoms with van der Waals surface area (Å²) in [5.74, 6) is 0.0423. The average molecular weight is 304 g/mol. The van der Waals surface area contributed by atoms with Crippen molar-refractivity contribution >= 4 is 23.7 Å². The van der Waals surface area contributed by atoms with Crippen LogP contribution in [0.4, 0.5) is 0 Å². The fourth-order valence-electron chi connectivity index (χ4n) is 1.87. The Kier molecular flexibility index (Phi) is 8.69. The zero-order chi connectivity index (χ0) is 14.8. The molecule has 2 unspecified atom stereocenters. The van der Waals surface area contributed by atoms with Crippen LogP contribution < -0.4 is 0 Å². The summed E-state index contributed by atoms with van der Waals surface area (Å²) in [5.41, 5.74) is -0.233. The number of carbonyl (C=O) groups is 2. The van der Waals surface area contributed by atoms with Gasteiger partial charge in [-0.1, -0.05) is 32.6 Å². The molecular weight excluding hydrogens is 280 g/mol. The third-order valence-corrected chi connectivity index (χ3v) is 3.97. The van der Waals surface area contributed by atoms with E-state index in [1.54, 1.807) is 0 Å². The molecule has 0 bridgehead atoms. The Balaban J connectivity index is 2.03. The number of esters is 2.